The van der Waals surface area contributed by atoms with Crippen molar-refractivity contribution >= 4 is 21.5 Å². The monoisotopic (exact) mass is 798 g/mol. The van der Waals surface area contributed by atoms with Gasteiger partial charge in [0.1, 0.15) is 0 Å². The maximum Gasteiger partial charge on any atom is 0.160 e. The van der Waals surface area contributed by atoms with Crippen molar-refractivity contribution in [2.75, 3.05) is 0 Å². The zero-order valence-corrected chi connectivity index (χ0v) is 34.3. The van der Waals surface area contributed by atoms with E-state index in [1.165, 1.54) is 77.2 Å². The van der Waals surface area contributed by atoms with E-state index in [0.29, 0.717) is 5.82 Å². The largest absolute Gasteiger partial charge is 0.228 e. The zero-order chi connectivity index (χ0) is 41.5. The predicted molar refractivity (Wildman–Crippen MR) is 261 cm³/mol. The molecule has 13 rings (SSSR count). The van der Waals surface area contributed by atoms with Gasteiger partial charge in [-0.3, -0.25) is 0 Å². The van der Waals surface area contributed by atoms with Gasteiger partial charge in [-0.05, 0) is 107 Å². The lowest BCUT2D eigenvalue weighted by atomic mass is 9.68. The third kappa shape index (κ3) is 5.38. The van der Waals surface area contributed by atoms with Crippen molar-refractivity contribution in [1.82, 2.24) is 9.97 Å². The van der Waals surface area contributed by atoms with Crippen molar-refractivity contribution in [1.29, 1.82) is 0 Å². The summed E-state index contributed by atoms with van der Waals surface area (Å²) in [5.74, 6) is 0.708. The van der Waals surface area contributed by atoms with E-state index < -0.39 is 5.41 Å². The van der Waals surface area contributed by atoms with Crippen LogP contribution >= 0.6 is 0 Å². The van der Waals surface area contributed by atoms with Gasteiger partial charge in [0.2, 0.25) is 0 Å². The molecular formula is C61H38N2. The minimum absolute atomic E-state index is 0.445. The second kappa shape index (κ2) is 13.9. The Balaban J connectivity index is 0.932. The van der Waals surface area contributed by atoms with E-state index in [1.54, 1.807) is 0 Å². The van der Waals surface area contributed by atoms with E-state index in [1.807, 2.05) is 18.2 Å². The van der Waals surface area contributed by atoms with E-state index in [4.69, 9.17) is 9.97 Å². The molecule has 0 saturated carbocycles. The topological polar surface area (TPSA) is 25.8 Å². The van der Waals surface area contributed by atoms with Crippen molar-refractivity contribution in [3.63, 3.8) is 0 Å². The molecule has 0 bridgehead atoms. The molecule has 0 N–H and O–H groups in total. The molecule has 292 valence electrons. The Morgan fingerprint density at radius 1 is 0.270 bits per heavy atom. The third-order valence-corrected chi connectivity index (χ3v) is 13.5. The Kier molecular flexibility index (Phi) is 7.85. The fourth-order valence-corrected chi connectivity index (χ4v) is 10.7. The van der Waals surface area contributed by atoms with Crippen LogP contribution in [-0.2, 0) is 5.41 Å². The number of rotatable bonds is 5. The summed E-state index contributed by atoms with van der Waals surface area (Å²) in [6, 6.07) is 83.9. The van der Waals surface area contributed by atoms with Crippen LogP contribution in [0.4, 0.5) is 0 Å². The summed E-state index contributed by atoms with van der Waals surface area (Å²) < 4.78 is 0. The fourth-order valence-electron chi connectivity index (χ4n) is 10.7. The van der Waals surface area contributed by atoms with Crippen LogP contribution in [0.5, 0.6) is 0 Å². The molecule has 2 aliphatic carbocycles. The molecule has 0 radical (unpaired) electrons. The lowest BCUT2D eigenvalue weighted by molar-refractivity contribution is 0.809. The Morgan fingerprint density at radius 3 is 1.48 bits per heavy atom. The molecule has 0 atom stereocenters. The quantitative estimate of drug-likeness (QED) is 0.173. The summed E-state index contributed by atoms with van der Waals surface area (Å²) >= 11 is 0. The van der Waals surface area contributed by atoms with E-state index in [0.717, 1.165) is 39.2 Å². The van der Waals surface area contributed by atoms with Gasteiger partial charge in [-0.25, -0.2) is 9.97 Å². The average Bonchev–Trinajstić information content (AvgIpc) is 3.84. The molecule has 0 unspecified atom stereocenters. The Labute approximate surface area is 366 Å². The van der Waals surface area contributed by atoms with Crippen LogP contribution in [0, 0.1) is 0 Å². The lowest BCUT2D eigenvalue weighted by Gasteiger charge is -2.32. The standard InChI is InChI=1S/C61H38N2/c1-3-14-39(15-4-1)44-19-13-20-47(37-44)57-38-56(62-60(63-57)43-17-5-2-6-18-43)42-28-26-40(27-29-42)45-31-33-49-46(36-45)32-35-53-52-34-30-41-16-7-8-21-48(41)58(52)61(59(49)53)54-24-11-9-22-50(54)51-23-10-12-25-55(51)61/h1-38H. The Morgan fingerprint density at radius 2 is 0.762 bits per heavy atom. The first-order valence-electron chi connectivity index (χ1n) is 21.7. The first-order chi connectivity index (χ1) is 31.2. The molecule has 2 nitrogen and oxygen atoms in total. The molecule has 2 heteroatoms. The van der Waals surface area contributed by atoms with Crippen molar-refractivity contribution in [3.8, 4) is 78.4 Å². The summed E-state index contributed by atoms with van der Waals surface area (Å²) in [6.07, 6.45) is 0. The summed E-state index contributed by atoms with van der Waals surface area (Å²) in [6.45, 7) is 0. The SMILES string of the molecule is c1ccc(-c2cccc(-c3cc(-c4ccc(-c5ccc6c7c(ccc6c5)-c5ccc6ccccc6c5C75c6ccccc6-c6ccccc65)cc4)nc(-c4ccccc4)n3)c2)cc1. The second-order valence-electron chi connectivity index (χ2n) is 16.8. The Hall–Kier alpha value is -8.20. The van der Waals surface area contributed by atoms with Crippen LogP contribution in [0.2, 0.25) is 0 Å². The van der Waals surface area contributed by atoms with E-state index in [2.05, 4.69) is 212 Å². The molecule has 1 spiro atoms. The first-order valence-corrected chi connectivity index (χ1v) is 21.7. The molecule has 0 saturated heterocycles. The highest BCUT2D eigenvalue weighted by molar-refractivity contribution is 6.09. The van der Waals surface area contributed by atoms with Gasteiger partial charge in [-0.15, -0.1) is 0 Å². The molecule has 1 heterocycles. The highest BCUT2D eigenvalue weighted by Gasteiger charge is 2.53. The van der Waals surface area contributed by atoms with Gasteiger partial charge in [-0.1, -0.05) is 212 Å². The number of benzene rings is 10. The highest BCUT2D eigenvalue weighted by Crippen LogP contribution is 2.65. The van der Waals surface area contributed by atoms with Gasteiger partial charge in [0.25, 0.3) is 0 Å². The van der Waals surface area contributed by atoms with Crippen LogP contribution in [0.3, 0.4) is 0 Å². The van der Waals surface area contributed by atoms with Gasteiger partial charge in [0.15, 0.2) is 5.82 Å². The normalized spacial score (nSPS) is 12.9. The van der Waals surface area contributed by atoms with Crippen molar-refractivity contribution in [2.24, 2.45) is 0 Å². The molecule has 1 aromatic heterocycles. The van der Waals surface area contributed by atoms with Gasteiger partial charge >= 0.3 is 0 Å². The molecular weight excluding hydrogens is 761 g/mol. The number of nitrogens with zero attached hydrogens (tertiary/aromatic N) is 2. The molecule has 63 heavy (non-hydrogen) atoms. The molecule has 2 aliphatic rings. The molecule has 11 aromatic rings. The second-order valence-corrected chi connectivity index (χ2v) is 16.8. The van der Waals surface area contributed by atoms with Crippen LogP contribution in [0.1, 0.15) is 22.3 Å². The molecule has 0 aliphatic heterocycles. The summed E-state index contributed by atoms with van der Waals surface area (Å²) in [5.41, 5.74) is 19.9. The van der Waals surface area contributed by atoms with E-state index >= 15 is 0 Å². The van der Waals surface area contributed by atoms with Crippen LogP contribution in [0.15, 0.2) is 231 Å². The minimum Gasteiger partial charge on any atom is -0.228 e. The van der Waals surface area contributed by atoms with Gasteiger partial charge in [0, 0.05) is 16.7 Å². The maximum atomic E-state index is 5.15. The molecule has 0 fully saturated rings. The summed E-state index contributed by atoms with van der Waals surface area (Å²) in [5, 5.41) is 5.11. The van der Waals surface area contributed by atoms with Gasteiger partial charge in [0.05, 0.1) is 16.8 Å². The van der Waals surface area contributed by atoms with Gasteiger partial charge < -0.3 is 0 Å². The maximum absolute atomic E-state index is 5.15. The fraction of sp³-hybridized carbons (Fsp3) is 0.0164. The number of aromatic nitrogens is 2. The van der Waals surface area contributed by atoms with Crippen LogP contribution in [-0.4, -0.2) is 9.97 Å². The minimum atomic E-state index is -0.445. The smallest absolute Gasteiger partial charge is 0.160 e. The number of hydrogen-bond acceptors (Lipinski definition) is 2. The first kappa shape index (κ1) is 35.5. The van der Waals surface area contributed by atoms with Gasteiger partial charge in [-0.2, -0.15) is 0 Å². The van der Waals surface area contributed by atoms with Crippen molar-refractivity contribution in [3.05, 3.63) is 253 Å². The lowest BCUT2D eigenvalue weighted by Crippen LogP contribution is -2.26. The Bertz CT molecular complexity index is 3560. The number of hydrogen-bond donors (Lipinski definition) is 0. The van der Waals surface area contributed by atoms with Crippen molar-refractivity contribution < 1.29 is 0 Å². The molecule has 10 aromatic carbocycles. The van der Waals surface area contributed by atoms with Crippen LogP contribution in [0.25, 0.3) is 100.0 Å². The molecule has 0 amide bonds. The average molecular weight is 799 g/mol. The zero-order valence-electron chi connectivity index (χ0n) is 34.3. The van der Waals surface area contributed by atoms with Crippen molar-refractivity contribution in [2.45, 2.75) is 5.41 Å². The third-order valence-electron chi connectivity index (χ3n) is 13.5. The summed E-state index contributed by atoms with van der Waals surface area (Å²) in [7, 11) is 0. The highest BCUT2D eigenvalue weighted by atomic mass is 14.9. The van der Waals surface area contributed by atoms with E-state index in [9.17, 15) is 0 Å². The summed E-state index contributed by atoms with van der Waals surface area (Å²) in [4.78, 5) is 10.3. The van der Waals surface area contributed by atoms with Crippen LogP contribution < -0.4 is 0 Å². The van der Waals surface area contributed by atoms with E-state index in [-0.39, 0.29) is 0 Å². The number of fused-ring (bicyclic) bond motifs is 14. The predicted octanol–water partition coefficient (Wildman–Crippen LogP) is 15.5.